The van der Waals surface area contributed by atoms with Crippen molar-refractivity contribution in [3.8, 4) is 11.5 Å². The van der Waals surface area contributed by atoms with Gasteiger partial charge in [-0.3, -0.25) is 14.4 Å². The summed E-state index contributed by atoms with van der Waals surface area (Å²) >= 11 is 3.43. The number of hydrogen-bond acceptors (Lipinski definition) is 6. The lowest BCUT2D eigenvalue weighted by Gasteiger charge is -2.45. The molecule has 3 aromatic carbocycles. The molecule has 1 saturated carbocycles. The van der Waals surface area contributed by atoms with E-state index in [0.29, 0.717) is 51.3 Å². The molecule has 2 amide bonds. The Morgan fingerprint density at radius 1 is 0.872 bits per heavy atom. The molecule has 0 spiro atoms. The highest BCUT2D eigenvalue weighted by atomic mass is 79.9. The van der Waals surface area contributed by atoms with E-state index in [1.165, 1.54) is 0 Å². The fourth-order valence-electron chi connectivity index (χ4n) is 6.41. The number of benzene rings is 3. The maximum Gasteiger partial charge on any atom is 0.303 e. The van der Waals surface area contributed by atoms with Gasteiger partial charge in [-0.05, 0) is 78.8 Å². The lowest BCUT2D eigenvalue weighted by molar-refractivity contribution is -0.138. The Balaban J connectivity index is 1.21. The molecule has 0 aromatic heterocycles. The average molecular weight is 703 g/mol. The van der Waals surface area contributed by atoms with Gasteiger partial charge < -0.3 is 29.7 Å². The van der Waals surface area contributed by atoms with Gasteiger partial charge in [0.05, 0.1) is 6.04 Å². The number of carboxylic acid groups (broad SMARTS) is 1. The van der Waals surface area contributed by atoms with Crippen LogP contribution in [0.1, 0.15) is 49.7 Å². The first-order valence-corrected chi connectivity index (χ1v) is 17.1. The van der Waals surface area contributed by atoms with E-state index in [0.717, 1.165) is 45.5 Å². The Morgan fingerprint density at radius 2 is 1.53 bits per heavy atom. The molecule has 2 aliphatic heterocycles. The number of carbonyl (C=O) groups is 3. The number of hydrogen-bond donors (Lipinski definition) is 2. The molecule has 2 bridgehead atoms. The van der Waals surface area contributed by atoms with Crippen molar-refractivity contribution in [1.29, 1.82) is 0 Å². The number of piperazine rings is 1. The van der Waals surface area contributed by atoms with Crippen molar-refractivity contribution < 1.29 is 29.0 Å². The predicted octanol–water partition coefficient (Wildman–Crippen LogP) is 5.68. The van der Waals surface area contributed by atoms with Crippen molar-refractivity contribution >= 4 is 39.3 Å². The maximum absolute atomic E-state index is 14.6. The Kier molecular flexibility index (Phi) is 10.6. The van der Waals surface area contributed by atoms with Crippen molar-refractivity contribution in [3.63, 3.8) is 0 Å². The molecule has 2 N–H and O–H groups in total. The summed E-state index contributed by atoms with van der Waals surface area (Å²) in [5, 5.41) is 12.7. The van der Waals surface area contributed by atoms with Crippen molar-refractivity contribution in [2.75, 3.05) is 26.3 Å². The van der Waals surface area contributed by atoms with E-state index in [-0.39, 0.29) is 42.8 Å². The highest BCUT2D eigenvalue weighted by Crippen LogP contribution is 2.38. The normalized spacial score (nSPS) is 18.9. The zero-order valence-electron chi connectivity index (χ0n) is 26.3. The van der Waals surface area contributed by atoms with Crippen LogP contribution in [-0.2, 0) is 20.9 Å². The number of ether oxygens (including phenoxy) is 2. The molecule has 246 valence electrons. The number of fused-ring (bicyclic) bond motifs is 2. The summed E-state index contributed by atoms with van der Waals surface area (Å²) in [6.45, 7) is 2.22. The van der Waals surface area contributed by atoms with E-state index in [1.54, 1.807) is 0 Å². The number of amides is 2. The summed E-state index contributed by atoms with van der Waals surface area (Å²) in [6, 6.07) is 25.5. The second-order valence-electron chi connectivity index (χ2n) is 12.4. The summed E-state index contributed by atoms with van der Waals surface area (Å²) in [5.74, 6) is 0.540. The lowest BCUT2D eigenvalue weighted by atomic mass is 9.82. The van der Waals surface area contributed by atoms with E-state index < -0.39 is 5.97 Å². The van der Waals surface area contributed by atoms with Gasteiger partial charge in [0, 0.05) is 54.6 Å². The van der Waals surface area contributed by atoms with Crippen LogP contribution in [0.3, 0.4) is 0 Å². The molecular formula is C37H40BrN3O6. The minimum Gasteiger partial charge on any atom is -0.490 e. The van der Waals surface area contributed by atoms with Crippen LogP contribution < -0.4 is 14.8 Å². The van der Waals surface area contributed by atoms with E-state index >= 15 is 0 Å². The highest BCUT2D eigenvalue weighted by molar-refractivity contribution is 9.10. The van der Waals surface area contributed by atoms with Crippen LogP contribution in [0.2, 0.25) is 0 Å². The van der Waals surface area contributed by atoms with Crippen molar-refractivity contribution in [3.05, 3.63) is 100 Å². The van der Waals surface area contributed by atoms with Crippen LogP contribution in [0, 0.1) is 0 Å². The highest BCUT2D eigenvalue weighted by Gasteiger charge is 2.43. The standard InChI is InChI=1S/C37H40BrN3O6/c38-27-11-17-31(18-12-27)47-20-19-46-30-15-9-26(10-16-30)32-21-28-23-40(34(42)7-4-8-35(43)44)24-33(39-28)36(32)37(45)41(29-13-14-29)22-25-5-2-1-3-6-25/h1-3,5-6,9-12,15-18,28-29,33,39H,4,7-8,13-14,19-24H2,(H,43,44)/t28-,33-/m1/s1. The molecule has 9 nitrogen and oxygen atoms in total. The molecule has 2 fully saturated rings. The maximum atomic E-state index is 14.6. The molecule has 2 heterocycles. The van der Waals surface area contributed by atoms with Crippen LogP contribution in [0.15, 0.2) is 88.9 Å². The van der Waals surface area contributed by atoms with Crippen LogP contribution in [0.25, 0.3) is 5.57 Å². The largest absolute Gasteiger partial charge is 0.490 e. The van der Waals surface area contributed by atoms with E-state index in [9.17, 15) is 14.4 Å². The number of nitrogens with one attached hydrogen (secondary N) is 1. The number of carbonyl (C=O) groups excluding carboxylic acids is 2. The molecular weight excluding hydrogens is 662 g/mol. The van der Waals surface area contributed by atoms with Gasteiger partial charge in [-0.25, -0.2) is 0 Å². The van der Waals surface area contributed by atoms with Gasteiger partial charge in [-0.15, -0.1) is 0 Å². The summed E-state index contributed by atoms with van der Waals surface area (Å²) < 4.78 is 12.7. The van der Waals surface area contributed by atoms with Crippen LogP contribution >= 0.6 is 15.9 Å². The number of nitrogens with zero attached hydrogens (tertiary/aromatic N) is 2. The number of rotatable bonds is 14. The van der Waals surface area contributed by atoms with Crippen LogP contribution in [0.5, 0.6) is 11.5 Å². The smallest absolute Gasteiger partial charge is 0.303 e. The number of carboxylic acids is 1. The van der Waals surface area contributed by atoms with Gasteiger partial charge in [0.2, 0.25) is 5.91 Å². The third-order valence-corrected chi connectivity index (χ3v) is 9.38. The van der Waals surface area contributed by atoms with E-state index in [1.807, 2.05) is 88.7 Å². The van der Waals surface area contributed by atoms with Gasteiger partial charge in [-0.1, -0.05) is 58.4 Å². The zero-order chi connectivity index (χ0) is 32.8. The van der Waals surface area contributed by atoms with Gasteiger partial charge in [-0.2, -0.15) is 0 Å². The zero-order valence-corrected chi connectivity index (χ0v) is 27.9. The van der Waals surface area contributed by atoms with Gasteiger partial charge in [0.25, 0.3) is 5.91 Å². The third-order valence-electron chi connectivity index (χ3n) is 8.85. The Bertz CT molecular complexity index is 1590. The van der Waals surface area contributed by atoms with Crippen molar-refractivity contribution in [2.24, 2.45) is 0 Å². The first-order valence-electron chi connectivity index (χ1n) is 16.3. The Labute approximate surface area is 283 Å². The molecule has 10 heteroatoms. The molecule has 1 saturated heterocycles. The molecule has 0 unspecified atom stereocenters. The topological polar surface area (TPSA) is 108 Å². The van der Waals surface area contributed by atoms with E-state index in [4.69, 9.17) is 14.6 Å². The predicted molar refractivity (Wildman–Crippen MR) is 182 cm³/mol. The third kappa shape index (κ3) is 8.61. The second-order valence-corrected chi connectivity index (χ2v) is 13.3. The molecule has 6 rings (SSSR count). The second kappa shape index (κ2) is 15.2. The van der Waals surface area contributed by atoms with Crippen LogP contribution in [0.4, 0.5) is 0 Å². The summed E-state index contributed by atoms with van der Waals surface area (Å²) in [6.07, 6.45) is 3.01. The fraction of sp³-hybridized carbons (Fsp3) is 0.378. The van der Waals surface area contributed by atoms with Gasteiger partial charge >= 0.3 is 5.97 Å². The minimum atomic E-state index is -0.903. The summed E-state index contributed by atoms with van der Waals surface area (Å²) in [5.41, 5.74) is 3.77. The number of halogens is 1. The minimum absolute atomic E-state index is 0.00731. The first kappa shape index (κ1) is 32.8. The number of aliphatic carboxylic acids is 1. The first-order chi connectivity index (χ1) is 22.8. The van der Waals surface area contributed by atoms with Crippen molar-refractivity contribution in [2.45, 2.75) is 63.2 Å². The molecule has 1 aliphatic carbocycles. The summed E-state index contributed by atoms with van der Waals surface area (Å²) in [4.78, 5) is 42.6. The van der Waals surface area contributed by atoms with E-state index in [2.05, 4.69) is 21.2 Å². The fourth-order valence-corrected chi connectivity index (χ4v) is 6.67. The Morgan fingerprint density at radius 3 is 2.17 bits per heavy atom. The molecule has 3 aromatic rings. The van der Waals surface area contributed by atoms with Crippen LogP contribution in [-0.4, -0.2) is 77.1 Å². The quantitative estimate of drug-likeness (QED) is 0.208. The molecule has 3 aliphatic rings. The SMILES string of the molecule is O=C(O)CCCC(=O)N1C[C@H]2CC(c3ccc(OCCOc4ccc(Br)cc4)cc3)=C(C(=O)N(Cc3ccccc3)C3CC3)[C@@H](C1)N2. The van der Waals surface area contributed by atoms with Crippen molar-refractivity contribution in [1.82, 2.24) is 15.1 Å². The summed E-state index contributed by atoms with van der Waals surface area (Å²) in [7, 11) is 0. The average Bonchev–Trinajstić information content (AvgIpc) is 3.92. The molecule has 47 heavy (non-hydrogen) atoms. The molecule has 2 atom stereocenters. The molecule has 0 radical (unpaired) electrons. The van der Waals surface area contributed by atoms with Gasteiger partial charge in [0.15, 0.2) is 0 Å². The van der Waals surface area contributed by atoms with Gasteiger partial charge in [0.1, 0.15) is 24.7 Å². The Hall–Kier alpha value is -4.15. The lowest BCUT2D eigenvalue weighted by Crippen LogP contribution is -2.62. The monoisotopic (exact) mass is 701 g/mol.